The summed E-state index contributed by atoms with van der Waals surface area (Å²) in [5.74, 6) is -0.830. The summed E-state index contributed by atoms with van der Waals surface area (Å²) in [4.78, 5) is 16.4. The van der Waals surface area contributed by atoms with Gasteiger partial charge < -0.3 is 10.2 Å². The molecule has 2 atom stereocenters. The number of rotatable bonds is 31. The third-order valence-electron chi connectivity index (χ3n) is 7.91. The molecular weight excluding hydrogens is 493 g/mol. The molecule has 0 heterocycles. The molecule has 0 aliphatic heterocycles. The first-order chi connectivity index (χ1) is 19.0. The van der Waals surface area contributed by atoms with Crippen LogP contribution in [0.5, 0.6) is 0 Å². The molecule has 2 N–H and O–H groups in total. The van der Waals surface area contributed by atoms with Gasteiger partial charge in [0.2, 0.25) is 0 Å². The van der Waals surface area contributed by atoms with Crippen molar-refractivity contribution in [1.82, 2.24) is 4.90 Å². The van der Waals surface area contributed by atoms with Crippen molar-refractivity contribution in [1.29, 1.82) is 0 Å². The van der Waals surface area contributed by atoms with E-state index in [0.29, 0.717) is 32.5 Å². The average molecular weight is 560 g/mol. The highest BCUT2D eigenvalue weighted by atomic mass is 19.3. The maximum Gasteiger partial charge on any atom is 0.348 e. The minimum absolute atomic E-state index is 0.0622. The van der Waals surface area contributed by atoms with Crippen molar-refractivity contribution in [2.24, 2.45) is 0 Å². The third kappa shape index (κ3) is 28.6. The van der Waals surface area contributed by atoms with Crippen molar-refractivity contribution in [3.8, 4) is 0 Å². The zero-order valence-electron chi connectivity index (χ0n) is 26.0. The quantitative estimate of drug-likeness (QED) is 0.0828. The zero-order valence-corrected chi connectivity index (χ0v) is 26.0. The van der Waals surface area contributed by atoms with Gasteiger partial charge in [-0.25, -0.2) is 4.79 Å². The molecule has 0 spiro atoms. The van der Waals surface area contributed by atoms with Gasteiger partial charge in [0, 0.05) is 24.0 Å². The molecular formula is C33H66FNO4. The van der Waals surface area contributed by atoms with Crippen LogP contribution in [0.4, 0.5) is 4.53 Å². The Morgan fingerprint density at radius 2 is 0.949 bits per heavy atom. The van der Waals surface area contributed by atoms with Gasteiger partial charge in [-0.1, -0.05) is 142 Å². The highest BCUT2D eigenvalue weighted by molar-refractivity contribution is 5.68. The van der Waals surface area contributed by atoms with Gasteiger partial charge in [-0.2, -0.15) is 0 Å². The Hall–Kier alpha value is -0.720. The number of hydrogen-bond donors (Lipinski definition) is 2. The number of aliphatic hydroxyl groups is 2. The van der Waals surface area contributed by atoms with Gasteiger partial charge in [-0.15, -0.1) is 0 Å². The van der Waals surface area contributed by atoms with E-state index in [1.807, 2.05) is 0 Å². The number of aliphatic hydroxyl groups excluding tert-OH is 2. The summed E-state index contributed by atoms with van der Waals surface area (Å²) >= 11 is 0. The maximum absolute atomic E-state index is 11.9. The lowest BCUT2D eigenvalue weighted by atomic mass is 10.0. The zero-order chi connectivity index (χ0) is 28.8. The topological polar surface area (TPSA) is 70.0 Å². The standard InChI is InChI=1S/C33H66FNO4/c1-3-5-7-9-11-13-15-17-19-21-25-31(36)29-35(28-24-23-27-33(38)39-34)30-32(37)26-22-20-18-16-14-12-10-8-6-4-2/h31-32,36-37H,3-30H2,1-2H3. The van der Waals surface area contributed by atoms with Crippen molar-refractivity contribution >= 4 is 5.97 Å². The Balaban J connectivity index is 4.14. The largest absolute Gasteiger partial charge is 0.392 e. The van der Waals surface area contributed by atoms with Crippen molar-refractivity contribution in [3.05, 3.63) is 0 Å². The summed E-state index contributed by atoms with van der Waals surface area (Å²) in [6.07, 6.45) is 27.7. The van der Waals surface area contributed by atoms with E-state index in [1.165, 1.54) is 116 Å². The Morgan fingerprint density at radius 3 is 1.31 bits per heavy atom. The Bertz CT molecular complexity index is 476. The second-order valence-corrected chi connectivity index (χ2v) is 11.9. The van der Waals surface area contributed by atoms with Crippen LogP contribution in [0.1, 0.15) is 174 Å². The first kappa shape index (κ1) is 38.3. The van der Waals surface area contributed by atoms with E-state index in [4.69, 9.17) is 0 Å². The van der Waals surface area contributed by atoms with Crippen molar-refractivity contribution in [2.75, 3.05) is 19.6 Å². The molecule has 0 aliphatic carbocycles. The minimum atomic E-state index is -0.830. The van der Waals surface area contributed by atoms with Crippen LogP contribution in [0.25, 0.3) is 0 Å². The molecule has 39 heavy (non-hydrogen) atoms. The van der Waals surface area contributed by atoms with Crippen LogP contribution in [0.15, 0.2) is 0 Å². The maximum atomic E-state index is 11.9. The number of carbonyl (C=O) groups excluding carboxylic acids is 1. The van der Waals surface area contributed by atoms with E-state index in [0.717, 1.165) is 25.7 Å². The molecule has 0 fully saturated rings. The van der Waals surface area contributed by atoms with Crippen LogP contribution < -0.4 is 0 Å². The van der Waals surface area contributed by atoms with Gasteiger partial charge in [-0.3, -0.25) is 9.84 Å². The summed E-state index contributed by atoms with van der Waals surface area (Å²) < 4.78 is 11.9. The average Bonchev–Trinajstić information content (AvgIpc) is 2.92. The molecule has 234 valence electrons. The van der Waals surface area contributed by atoms with Crippen LogP contribution in [-0.2, 0) is 9.74 Å². The van der Waals surface area contributed by atoms with E-state index in [2.05, 4.69) is 23.7 Å². The van der Waals surface area contributed by atoms with Crippen LogP contribution in [-0.4, -0.2) is 52.9 Å². The Labute approximate surface area is 241 Å². The molecule has 0 aromatic heterocycles. The number of unbranched alkanes of at least 4 members (excludes halogenated alkanes) is 19. The highest BCUT2D eigenvalue weighted by Crippen LogP contribution is 2.15. The fourth-order valence-corrected chi connectivity index (χ4v) is 5.41. The lowest BCUT2D eigenvalue weighted by Gasteiger charge is -2.27. The Kier molecular flexibility index (Phi) is 29.7. The molecule has 0 aliphatic rings. The summed E-state index contributed by atoms with van der Waals surface area (Å²) in [5, 5.41) is 21.3. The van der Waals surface area contributed by atoms with Gasteiger partial charge >= 0.3 is 5.97 Å². The van der Waals surface area contributed by atoms with Crippen molar-refractivity contribution in [2.45, 2.75) is 187 Å². The number of hydrogen-bond acceptors (Lipinski definition) is 5. The van der Waals surface area contributed by atoms with Crippen molar-refractivity contribution < 1.29 is 24.5 Å². The molecule has 0 radical (unpaired) electrons. The van der Waals surface area contributed by atoms with Gasteiger partial charge in [0.25, 0.3) is 0 Å². The second kappa shape index (κ2) is 30.2. The van der Waals surface area contributed by atoms with Crippen LogP contribution in [0, 0.1) is 0 Å². The fourth-order valence-electron chi connectivity index (χ4n) is 5.41. The fraction of sp³-hybridized carbons (Fsp3) is 0.970. The normalized spacial score (nSPS) is 13.2. The lowest BCUT2D eigenvalue weighted by molar-refractivity contribution is -0.183. The smallest absolute Gasteiger partial charge is 0.348 e. The van der Waals surface area contributed by atoms with Crippen LogP contribution >= 0.6 is 0 Å². The van der Waals surface area contributed by atoms with Crippen LogP contribution in [0.3, 0.4) is 0 Å². The lowest BCUT2D eigenvalue weighted by Crippen LogP contribution is -2.38. The first-order valence-electron chi connectivity index (χ1n) is 16.9. The molecule has 0 bridgehead atoms. The molecule has 0 amide bonds. The number of nitrogens with zero attached hydrogens (tertiary/aromatic N) is 1. The first-order valence-corrected chi connectivity index (χ1v) is 16.9. The molecule has 5 nitrogen and oxygen atoms in total. The summed E-state index contributed by atoms with van der Waals surface area (Å²) in [7, 11) is 0. The molecule has 0 rings (SSSR count). The van der Waals surface area contributed by atoms with Gasteiger partial charge in [0.05, 0.1) is 12.2 Å². The van der Waals surface area contributed by atoms with Gasteiger partial charge in [-0.05, 0) is 32.2 Å². The predicted molar refractivity (Wildman–Crippen MR) is 162 cm³/mol. The van der Waals surface area contributed by atoms with E-state index < -0.39 is 18.2 Å². The van der Waals surface area contributed by atoms with Crippen molar-refractivity contribution in [3.63, 3.8) is 0 Å². The summed E-state index contributed by atoms with van der Waals surface area (Å²) in [5.41, 5.74) is 0. The molecule has 0 saturated carbocycles. The molecule has 6 heteroatoms. The number of carbonyl (C=O) groups is 1. The van der Waals surface area contributed by atoms with Gasteiger partial charge in [0.1, 0.15) is 0 Å². The third-order valence-corrected chi connectivity index (χ3v) is 7.91. The molecule has 0 saturated heterocycles. The van der Waals surface area contributed by atoms with E-state index >= 15 is 0 Å². The molecule has 0 aromatic carbocycles. The second-order valence-electron chi connectivity index (χ2n) is 11.9. The highest BCUT2D eigenvalue weighted by Gasteiger charge is 2.16. The van der Waals surface area contributed by atoms with Crippen LogP contribution in [0.2, 0.25) is 0 Å². The summed E-state index contributed by atoms with van der Waals surface area (Å²) in [6.45, 7) is 6.27. The van der Waals surface area contributed by atoms with Gasteiger partial charge in [0.15, 0.2) is 0 Å². The minimum Gasteiger partial charge on any atom is -0.392 e. The van der Waals surface area contributed by atoms with E-state index in [-0.39, 0.29) is 6.42 Å². The number of halogens is 1. The Morgan fingerprint density at radius 1 is 0.590 bits per heavy atom. The SMILES string of the molecule is CCCCCCCCCCCCC(O)CN(CCCCC(=O)OF)CC(O)CCCCCCCCCCCC. The predicted octanol–water partition coefficient (Wildman–Crippen LogP) is 9.23. The van der Waals surface area contributed by atoms with E-state index in [9.17, 15) is 19.5 Å². The van der Waals surface area contributed by atoms with E-state index in [1.54, 1.807) is 0 Å². The monoisotopic (exact) mass is 559 g/mol. The molecule has 2 unspecified atom stereocenters. The summed E-state index contributed by atoms with van der Waals surface area (Å²) in [6, 6.07) is 0. The molecule has 0 aromatic rings.